The molecule has 0 saturated heterocycles. The standard InChI is InChI=1S/C20H21N5O3/c26-18(12-5-1-2-6-12)22-17-11-15(16-9-4-10-28-16)24-25(17)20-21-14-8-3-7-13(14)19(27)23-20/h4,9-12H,1-3,5-8H2,(H,22,26)(H,21,23,27). The van der Waals surface area contributed by atoms with Gasteiger partial charge in [-0.25, -0.2) is 4.98 Å². The molecule has 3 heterocycles. The summed E-state index contributed by atoms with van der Waals surface area (Å²) in [7, 11) is 0. The number of aryl methyl sites for hydroxylation is 1. The number of carbonyl (C=O) groups is 1. The van der Waals surface area contributed by atoms with Gasteiger partial charge in [-0.3, -0.25) is 14.6 Å². The zero-order valence-electron chi connectivity index (χ0n) is 15.4. The van der Waals surface area contributed by atoms with E-state index in [0.29, 0.717) is 23.2 Å². The van der Waals surface area contributed by atoms with Crippen LogP contribution >= 0.6 is 0 Å². The summed E-state index contributed by atoms with van der Waals surface area (Å²) < 4.78 is 6.94. The Morgan fingerprint density at radius 2 is 2.11 bits per heavy atom. The van der Waals surface area contributed by atoms with Crippen molar-refractivity contribution in [2.24, 2.45) is 5.92 Å². The third kappa shape index (κ3) is 2.94. The topological polar surface area (TPSA) is 106 Å². The molecule has 5 rings (SSSR count). The Hall–Kier alpha value is -3.16. The van der Waals surface area contributed by atoms with Gasteiger partial charge in [0.2, 0.25) is 11.9 Å². The van der Waals surface area contributed by atoms with Gasteiger partial charge in [-0.05, 0) is 44.2 Å². The molecule has 2 aliphatic carbocycles. The number of carbonyl (C=O) groups excluding carboxylic acids is 1. The second-order valence-corrected chi connectivity index (χ2v) is 7.44. The molecule has 2 N–H and O–H groups in total. The van der Waals surface area contributed by atoms with Crippen molar-refractivity contribution in [1.29, 1.82) is 0 Å². The number of H-pyrrole nitrogens is 1. The number of fused-ring (bicyclic) bond motifs is 1. The number of amides is 1. The fourth-order valence-electron chi connectivity index (χ4n) is 4.12. The van der Waals surface area contributed by atoms with E-state index in [1.165, 1.54) is 4.68 Å². The quantitative estimate of drug-likeness (QED) is 0.725. The van der Waals surface area contributed by atoms with E-state index in [1.54, 1.807) is 24.5 Å². The van der Waals surface area contributed by atoms with Crippen LogP contribution in [0.1, 0.15) is 43.4 Å². The predicted octanol–water partition coefficient (Wildman–Crippen LogP) is 2.83. The first-order valence-corrected chi connectivity index (χ1v) is 9.76. The summed E-state index contributed by atoms with van der Waals surface area (Å²) in [4.78, 5) is 32.5. The van der Waals surface area contributed by atoms with E-state index in [2.05, 4.69) is 20.4 Å². The molecule has 1 saturated carbocycles. The highest BCUT2D eigenvalue weighted by atomic mass is 16.3. The van der Waals surface area contributed by atoms with Gasteiger partial charge in [0.15, 0.2) is 5.76 Å². The molecule has 0 spiro atoms. The molecule has 144 valence electrons. The van der Waals surface area contributed by atoms with Crippen molar-refractivity contribution >= 4 is 11.7 Å². The summed E-state index contributed by atoms with van der Waals surface area (Å²) in [6.07, 6.45) is 7.99. The van der Waals surface area contributed by atoms with Crippen LogP contribution < -0.4 is 10.9 Å². The fraction of sp³-hybridized carbons (Fsp3) is 0.400. The molecule has 28 heavy (non-hydrogen) atoms. The zero-order valence-corrected chi connectivity index (χ0v) is 15.4. The van der Waals surface area contributed by atoms with Crippen LogP contribution in [0.2, 0.25) is 0 Å². The third-order valence-electron chi connectivity index (χ3n) is 5.59. The summed E-state index contributed by atoms with van der Waals surface area (Å²) in [5.74, 6) is 1.36. The Bertz CT molecular complexity index is 1070. The van der Waals surface area contributed by atoms with Crippen molar-refractivity contribution in [1.82, 2.24) is 19.7 Å². The second kappa shape index (κ2) is 6.78. The molecule has 0 atom stereocenters. The summed E-state index contributed by atoms with van der Waals surface area (Å²) in [5, 5.41) is 7.52. The minimum Gasteiger partial charge on any atom is -0.463 e. The van der Waals surface area contributed by atoms with Gasteiger partial charge >= 0.3 is 0 Å². The van der Waals surface area contributed by atoms with Gasteiger partial charge in [0.1, 0.15) is 11.5 Å². The summed E-state index contributed by atoms with van der Waals surface area (Å²) in [6, 6.07) is 5.33. The molecule has 0 bridgehead atoms. The maximum Gasteiger partial charge on any atom is 0.255 e. The zero-order chi connectivity index (χ0) is 19.1. The monoisotopic (exact) mass is 379 g/mol. The Balaban J connectivity index is 1.57. The molecule has 3 aromatic heterocycles. The van der Waals surface area contributed by atoms with Gasteiger partial charge in [0.25, 0.3) is 5.56 Å². The van der Waals surface area contributed by atoms with Crippen LogP contribution in [0.4, 0.5) is 5.82 Å². The van der Waals surface area contributed by atoms with Crippen molar-refractivity contribution < 1.29 is 9.21 Å². The van der Waals surface area contributed by atoms with Gasteiger partial charge in [-0.15, -0.1) is 0 Å². The predicted molar refractivity (Wildman–Crippen MR) is 102 cm³/mol. The molecule has 8 nitrogen and oxygen atoms in total. The first-order valence-electron chi connectivity index (χ1n) is 9.76. The van der Waals surface area contributed by atoms with Crippen LogP contribution in [0, 0.1) is 5.92 Å². The minimum absolute atomic E-state index is 0.0161. The number of aromatic amines is 1. The molecule has 3 aromatic rings. The molecule has 1 amide bonds. The van der Waals surface area contributed by atoms with Crippen molar-refractivity contribution in [3.8, 4) is 17.4 Å². The summed E-state index contributed by atoms with van der Waals surface area (Å²) >= 11 is 0. The molecule has 0 unspecified atom stereocenters. The fourth-order valence-corrected chi connectivity index (χ4v) is 4.12. The average molecular weight is 379 g/mol. The first-order chi connectivity index (χ1) is 13.7. The van der Waals surface area contributed by atoms with E-state index < -0.39 is 0 Å². The number of anilines is 1. The minimum atomic E-state index is -0.138. The van der Waals surface area contributed by atoms with Crippen LogP contribution in [0.3, 0.4) is 0 Å². The van der Waals surface area contributed by atoms with Gasteiger partial charge < -0.3 is 9.73 Å². The summed E-state index contributed by atoms with van der Waals surface area (Å²) in [6.45, 7) is 0. The number of hydrogen-bond donors (Lipinski definition) is 2. The van der Waals surface area contributed by atoms with Crippen molar-refractivity contribution in [3.63, 3.8) is 0 Å². The Kier molecular flexibility index (Phi) is 4.11. The molecule has 1 fully saturated rings. The van der Waals surface area contributed by atoms with E-state index in [4.69, 9.17) is 4.42 Å². The van der Waals surface area contributed by atoms with E-state index in [0.717, 1.165) is 56.2 Å². The maximum atomic E-state index is 12.7. The largest absolute Gasteiger partial charge is 0.463 e. The van der Waals surface area contributed by atoms with Gasteiger partial charge in [-0.1, -0.05) is 12.8 Å². The van der Waals surface area contributed by atoms with Crippen molar-refractivity contribution in [2.75, 3.05) is 5.32 Å². The molecule has 2 aliphatic rings. The van der Waals surface area contributed by atoms with E-state index in [9.17, 15) is 9.59 Å². The summed E-state index contributed by atoms with van der Waals surface area (Å²) in [5.41, 5.74) is 1.98. The molecule has 0 aromatic carbocycles. The molecule has 0 aliphatic heterocycles. The van der Waals surface area contributed by atoms with Crippen LogP contribution in [0.15, 0.2) is 33.7 Å². The lowest BCUT2D eigenvalue weighted by Crippen LogP contribution is -2.24. The van der Waals surface area contributed by atoms with Crippen LogP contribution in [-0.4, -0.2) is 25.7 Å². The smallest absolute Gasteiger partial charge is 0.255 e. The highest BCUT2D eigenvalue weighted by Gasteiger charge is 2.25. The highest BCUT2D eigenvalue weighted by Crippen LogP contribution is 2.28. The highest BCUT2D eigenvalue weighted by molar-refractivity contribution is 5.92. The molecular formula is C20H21N5O3. The number of nitrogens with one attached hydrogen (secondary N) is 2. The Morgan fingerprint density at radius 3 is 2.89 bits per heavy atom. The lowest BCUT2D eigenvalue weighted by molar-refractivity contribution is -0.119. The number of hydrogen-bond acceptors (Lipinski definition) is 5. The number of aromatic nitrogens is 4. The maximum absolute atomic E-state index is 12.7. The van der Waals surface area contributed by atoms with Crippen molar-refractivity contribution in [2.45, 2.75) is 44.9 Å². The van der Waals surface area contributed by atoms with E-state index in [1.807, 2.05) is 0 Å². The van der Waals surface area contributed by atoms with Crippen molar-refractivity contribution in [3.05, 3.63) is 46.1 Å². The lowest BCUT2D eigenvalue weighted by Gasteiger charge is -2.12. The van der Waals surface area contributed by atoms with Crippen LogP contribution in [-0.2, 0) is 17.6 Å². The van der Waals surface area contributed by atoms with Gasteiger partial charge in [0, 0.05) is 17.5 Å². The first kappa shape index (κ1) is 17.0. The molecular weight excluding hydrogens is 358 g/mol. The number of nitrogens with zero attached hydrogens (tertiary/aromatic N) is 3. The second-order valence-electron chi connectivity index (χ2n) is 7.44. The SMILES string of the molecule is O=C(Nc1cc(-c2ccco2)nn1-c1nc2c(c(=O)[nH]1)CCC2)C1CCCC1. The van der Waals surface area contributed by atoms with Gasteiger partial charge in [0.05, 0.1) is 12.0 Å². The third-order valence-corrected chi connectivity index (χ3v) is 5.59. The Morgan fingerprint density at radius 1 is 1.25 bits per heavy atom. The van der Waals surface area contributed by atoms with Gasteiger partial charge in [-0.2, -0.15) is 9.78 Å². The van der Waals surface area contributed by atoms with Crippen LogP contribution in [0.25, 0.3) is 17.4 Å². The Labute approximate surface area is 161 Å². The molecule has 0 radical (unpaired) electrons. The van der Waals surface area contributed by atoms with Crippen LogP contribution in [0.5, 0.6) is 0 Å². The number of furan rings is 1. The number of rotatable bonds is 4. The van der Waals surface area contributed by atoms with E-state index in [-0.39, 0.29) is 17.4 Å². The average Bonchev–Trinajstić information content (AvgIpc) is 3.47. The van der Waals surface area contributed by atoms with E-state index >= 15 is 0 Å². The lowest BCUT2D eigenvalue weighted by atomic mass is 10.1. The molecule has 8 heteroatoms. The normalized spacial score (nSPS) is 16.4.